The molecule has 1 unspecified atom stereocenters. The van der Waals surface area contributed by atoms with E-state index in [1.165, 1.54) is 12.1 Å². The van der Waals surface area contributed by atoms with E-state index in [4.69, 9.17) is 0 Å². The number of carbonyl (C=O) groups excluding carboxylic acids is 2. The Morgan fingerprint density at radius 1 is 1.20 bits per heavy atom. The van der Waals surface area contributed by atoms with E-state index < -0.39 is 0 Å². The van der Waals surface area contributed by atoms with Crippen molar-refractivity contribution in [3.63, 3.8) is 0 Å². The zero-order valence-corrected chi connectivity index (χ0v) is 8.00. The standard InChI is InChI=1S/C11H10FNO2/c12-8-3-1-7(2-4-8)10-5-9(14)6-11(15)13-10/h1-4,10H,5-6H2,(H,13,15). The quantitative estimate of drug-likeness (QED) is 0.706. The Hall–Kier alpha value is -1.71. The van der Waals surface area contributed by atoms with Gasteiger partial charge in [0.2, 0.25) is 5.91 Å². The number of piperidine rings is 1. The molecule has 1 saturated heterocycles. The molecule has 1 heterocycles. The van der Waals surface area contributed by atoms with Gasteiger partial charge in [-0.1, -0.05) is 12.1 Å². The van der Waals surface area contributed by atoms with Crippen LogP contribution in [0.5, 0.6) is 0 Å². The first-order valence-corrected chi connectivity index (χ1v) is 4.71. The molecule has 1 aliphatic rings. The maximum absolute atomic E-state index is 12.7. The molecule has 0 bridgehead atoms. The van der Waals surface area contributed by atoms with Crippen molar-refractivity contribution in [1.29, 1.82) is 0 Å². The van der Waals surface area contributed by atoms with Gasteiger partial charge in [0.25, 0.3) is 0 Å². The number of carbonyl (C=O) groups is 2. The second-order valence-corrected chi connectivity index (χ2v) is 3.59. The number of ketones is 1. The fourth-order valence-corrected chi connectivity index (χ4v) is 1.67. The molecule has 1 atom stereocenters. The molecule has 3 nitrogen and oxygen atoms in total. The van der Waals surface area contributed by atoms with Crippen LogP contribution in [-0.2, 0) is 9.59 Å². The average Bonchev–Trinajstić information content (AvgIpc) is 2.17. The first-order valence-electron chi connectivity index (χ1n) is 4.71. The van der Waals surface area contributed by atoms with Crippen LogP contribution in [-0.4, -0.2) is 11.7 Å². The van der Waals surface area contributed by atoms with Crippen LogP contribution in [0.2, 0.25) is 0 Å². The van der Waals surface area contributed by atoms with Crippen molar-refractivity contribution in [3.05, 3.63) is 35.6 Å². The molecule has 1 N–H and O–H groups in total. The van der Waals surface area contributed by atoms with Crippen LogP contribution in [0.1, 0.15) is 24.4 Å². The van der Waals surface area contributed by atoms with Crippen molar-refractivity contribution in [1.82, 2.24) is 5.32 Å². The van der Waals surface area contributed by atoms with Crippen molar-refractivity contribution >= 4 is 11.7 Å². The molecule has 2 rings (SSSR count). The maximum atomic E-state index is 12.7. The first kappa shape index (κ1) is 9.83. The second kappa shape index (κ2) is 3.81. The first-order chi connectivity index (χ1) is 7.15. The number of amides is 1. The highest BCUT2D eigenvalue weighted by Crippen LogP contribution is 2.21. The molecule has 78 valence electrons. The van der Waals surface area contributed by atoms with Crippen molar-refractivity contribution < 1.29 is 14.0 Å². The van der Waals surface area contributed by atoms with Crippen LogP contribution < -0.4 is 5.32 Å². The van der Waals surface area contributed by atoms with E-state index in [0.717, 1.165) is 5.56 Å². The van der Waals surface area contributed by atoms with Gasteiger partial charge in [-0.25, -0.2) is 4.39 Å². The Bertz CT molecular complexity index is 384. The zero-order valence-electron chi connectivity index (χ0n) is 8.00. The lowest BCUT2D eigenvalue weighted by atomic mass is 9.96. The van der Waals surface area contributed by atoms with Gasteiger partial charge in [0.05, 0.1) is 12.5 Å². The van der Waals surface area contributed by atoms with Gasteiger partial charge in [0.1, 0.15) is 11.6 Å². The summed E-state index contributed by atoms with van der Waals surface area (Å²) in [5.41, 5.74) is 0.762. The summed E-state index contributed by atoms with van der Waals surface area (Å²) >= 11 is 0. The lowest BCUT2D eigenvalue weighted by Gasteiger charge is -2.22. The van der Waals surface area contributed by atoms with Crippen molar-refractivity contribution in [3.8, 4) is 0 Å². The summed E-state index contributed by atoms with van der Waals surface area (Å²) in [6.07, 6.45) is 0.245. The van der Waals surface area contributed by atoms with E-state index in [1.807, 2.05) is 0 Å². The van der Waals surface area contributed by atoms with E-state index in [9.17, 15) is 14.0 Å². The van der Waals surface area contributed by atoms with Crippen LogP contribution in [0.15, 0.2) is 24.3 Å². The Balaban J connectivity index is 2.19. The molecular weight excluding hydrogens is 197 g/mol. The molecule has 0 aromatic heterocycles. The monoisotopic (exact) mass is 207 g/mol. The fourth-order valence-electron chi connectivity index (χ4n) is 1.67. The SMILES string of the molecule is O=C1CC(=O)NC(c2ccc(F)cc2)C1. The minimum atomic E-state index is -0.327. The molecule has 0 aliphatic carbocycles. The highest BCUT2D eigenvalue weighted by molar-refractivity contribution is 6.00. The Morgan fingerprint density at radius 2 is 1.87 bits per heavy atom. The third-order valence-electron chi connectivity index (χ3n) is 2.40. The summed E-state index contributed by atoms with van der Waals surface area (Å²) in [6, 6.07) is 5.50. The van der Waals surface area contributed by atoms with Gasteiger partial charge in [-0.2, -0.15) is 0 Å². The van der Waals surface area contributed by atoms with Gasteiger partial charge >= 0.3 is 0 Å². The largest absolute Gasteiger partial charge is 0.348 e. The molecule has 1 aromatic rings. The Kier molecular flexibility index (Phi) is 2.49. The normalized spacial score (nSPS) is 21.3. The van der Waals surface area contributed by atoms with E-state index in [2.05, 4.69) is 5.32 Å². The highest BCUT2D eigenvalue weighted by atomic mass is 19.1. The van der Waals surface area contributed by atoms with Gasteiger partial charge < -0.3 is 5.32 Å². The molecular formula is C11H10FNO2. The molecule has 1 aliphatic heterocycles. The van der Waals surface area contributed by atoms with Crippen LogP contribution >= 0.6 is 0 Å². The van der Waals surface area contributed by atoms with Gasteiger partial charge in [-0.05, 0) is 17.7 Å². The number of benzene rings is 1. The van der Waals surface area contributed by atoms with Crippen LogP contribution in [0.25, 0.3) is 0 Å². The predicted molar refractivity (Wildman–Crippen MR) is 51.5 cm³/mol. The van der Waals surface area contributed by atoms with Crippen LogP contribution in [0.3, 0.4) is 0 Å². The zero-order chi connectivity index (χ0) is 10.8. The lowest BCUT2D eigenvalue weighted by molar-refractivity contribution is -0.132. The van der Waals surface area contributed by atoms with Gasteiger partial charge in [0.15, 0.2) is 0 Å². The van der Waals surface area contributed by atoms with Crippen LogP contribution in [0, 0.1) is 5.82 Å². The summed E-state index contributed by atoms with van der Waals surface area (Å²) in [5, 5.41) is 2.70. The third kappa shape index (κ3) is 2.21. The second-order valence-electron chi connectivity index (χ2n) is 3.59. The number of Topliss-reactive ketones (excluding diaryl/α,β-unsaturated/α-hetero) is 1. The third-order valence-corrected chi connectivity index (χ3v) is 2.40. The number of hydrogen-bond donors (Lipinski definition) is 1. The summed E-state index contributed by atoms with van der Waals surface area (Å²) in [7, 11) is 0. The molecule has 0 saturated carbocycles. The van der Waals surface area contributed by atoms with Crippen molar-refractivity contribution in [2.45, 2.75) is 18.9 Å². The van der Waals surface area contributed by atoms with Gasteiger partial charge in [-0.15, -0.1) is 0 Å². The Labute approximate surface area is 86.3 Å². The van der Waals surface area contributed by atoms with Gasteiger partial charge in [-0.3, -0.25) is 9.59 Å². The molecule has 0 radical (unpaired) electrons. The van der Waals surface area contributed by atoms with Crippen molar-refractivity contribution in [2.75, 3.05) is 0 Å². The predicted octanol–water partition coefficient (Wildman–Crippen LogP) is 1.35. The smallest absolute Gasteiger partial charge is 0.227 e. The number of rotatable bonds is 1. The minimum absolute atomic E-state index is 0.0440. The molecule has 15 heavy (non-hydrogen) atoms. The number of hydrogen-bond acceptors (Lipinski definition) is 2. The Morgan fingerprint density at radius 3 is 2.47 bits per heavy atom. The van der Waals surface area contributed by atoms with E-state index in [1.54, 1.807) is 12.1 Å². The highest BCUT2D eigenvalue weighted by Gasteiger charge is 2.25. The van der Waals surface area contributed by atoms with Crippen molar-refractivity contribution in [2.24, 2.45) is 0 Å². The molecule has 0 spiro atoms. The fraction of sp³-hybridized carbons (Fsp3) is 0.273. The van der Waals surface area contributed by atoms with E-state index in [-0.39, 0.29) is 36.4 Å². The van der Waals surface area contributed by atoms with E-state index >= 15 is 0 Å². The van der Waals surface area contributed by atoms with Crippen LogP contribution in [0.4, 0.5) is 4.39 Å². The lowest BCUT2D eigenvalue weighted by Crippen LogP contribution is -2.36. The summed E-state index contributed by atoms with van der Waals surface area (Å²) < 4.78 is 12.7. The topological polar surface area (TPSA) is 46.2 Å². The molecule has 1 amide bonds. The molecule has 1 aromatic carbocycles. The summed E-state index contributed by atoms with van der Waals surface area (Å²) in [5.74, 6) is -0.666. The minimum Gasteiger partial charge on any atom is -0.348 e. The average molecular weight is 207 g/mol. The van der Waals surface area contributed by atoms with Gasteiger partial charge in [0, 0.05) is 6.42 Å². The number of halogens is 1. The summed E-state index contributed by atoms with van der Waals surface area (Å²) in [6.45, 7) is 0. The number of nitrogens with one attached hydrogen (secondary N) is 1. The molecule has 1 fully saturated rings. The summed E-state index contributed by atoms with van der Waals surface area (Å²) in [4.78, 5) is 22.3. The maximum Gasteiger partial charge on any atom is 0.227 e. The molecule has 4 heteroatoms. The van der Waals surface area contributed by atoms with E-state index in [0.29, 0.717) is 0 Å².